The molecular weight excluding hydrogens is 436 g/mol. The van der Waals surface area contributed by atoms with Gasteiger partial charge in [0.05, 0.1) is 17.9 Å². The molecule has 1 aromatic heterocycles. The zero-order valence-corrected chi connectivity index (χ0v) is 18.0. The topological polar surface area (TPSA) is 124 Å². The number of hydrogen-bond acceptors (Lipinski definition) is 6. The third-order valence-corrected chi connectivity index (χ3v) is 5.07. The summed E-state index contributed by atoms with van der Waals surface area (Å²) < 4.78 is 0.782. The van der Waals surface area contributed by atoms with E-state index in [4.69, 9.17) is 11.6 Å². The molecule has 0 aliphatic carbocycles. The number of carboxylic acid groups (broad SMARTS) is 1. The number of nitrogens with zero attached hydrogens (tertiary/aromatic N) is 3. The first kappa shape index (κ1) is 23.0. The number of aromatic nitrogens is 2. The number of fused-ring (bicyclic) bond motifs is 1. The fraction of sp³-hybridized carbons (Fsp3) is 0.227. The van der Waals surface area contributed by atoms with Gasteiger partial charge in [0.2, 0.25) is 11.8 Å². The molecule has 0 fully saturated rings. The number of benzene rings is 2. The first-order valence-electron chi connectivity index (χ1n) is 9.80. The van der Waals surface area contributed by atoms with Crippen molar-refractivity contribution in [1.29, 1.82) is 0 Å². The number of rotatable bonds is 8. The predicted molar refractivity (Wildman–Crippen MR) is 116 cm³/mol. The Morgan fingerprint density at radius 2 is 1.75 bits per heavy atom. The molecule has 0 bridgehead atoms. The van der Waals surface area contributed by atoms with Gasteiger partial charge in [0.25, 0.3) is 5.56 Å². The van der Waals surface area contributed by atoms with Gasteiger partial charge in [0.15, 0.2) is 0 Å². The molecule has 166 valence electrons. The largest absolute Gasteiger partial charge is 0.543 e. The van der Waals surface area contributed by atoms with Crippen LogP contribution >= 0.6 is 11.6 Å². The van der Waals surface area contributed by atoms with Crippen molar-refractivity contribution in [3.05, 3.63) is 75.2 Å². The van der Waals surface area contributed by atoms with Crippen molar-refractivity contribution in [3.8, 4) is 0 Å². The van der Waals surface area contributed by atoms with Crippen LogP contribution in [-0.4, -0.2) is 45.6 Å². The van der Waals surface area contributed by atoms with Gasteiger partial charge in [-0.2, -0.15) is 5.10 Å². The molecule has 2 aromatic carbocycles. The van der Waals surface area contributed by atoms with E-state index in [1.54, 1.807) is 43.3 Å². The minimum absolute atomic E-state index is 0.109. The van der Waals surface area contributed by atoms with Crippen molar-refractivity contribution in [3.63, 3.8) is 0 Å². The van der Waals surface area contributed by atoms with E-state index in [9.17, 15) is 24.3 Å². The molecule has 0 unspecified atom stereocenters. The Kier molecular flexibility index (Phi) is 7.21. The second-order valence-corrected chi connectivity index (χ2v) is 7.39. The molecule has 1 heterocycles. The number of carbonyl (C=O) groups excluding carboxylic acids is 3. The number of aromatic carboxylic acids is 1. The fourth-order valence-electron chi connectivity index (χ4n) is 3.13. The van der Waals surface area contributed by atoms with Crippen LogP contribution in [0.4, 0.5) is 0 Å². The molecule has 0 aliphatic rings. The summed E-state index contributed by atoms with van der Waals surface area (Å²) in [5, 5.41) is 18.8. The quantitative estimate of drug-likeness (QED) is 0.529. The third kappa shape index (κ3) is 5.30. The number of likely N-dealkylation sites (N-methyl/N-ethyl adjacent to an activating group) is 1. The number of carbonyl (C=O) groups is 3. The molecule has 2 amide bonds. The Labute approximate surface area is 188 Å². The smallest absolute Gasteiger partial charge is 0.275 e. The van der Waals surface area contributed by atoms with Crippen LogP contribution in [0.15, 0.2) is 53.3 Å². The SMILES string of the molecule is CCN(CC(=O)NCc1ccc(Cl)cc1)C(=O)Cn1nc(C(=O)[O-])c2ccccc2c1=O. The Hall–Kier alpha value is -3.72. The first-order chi connectivity index (χ1) is 15.3. The van der Waals surface area contributed by atoms with Crippen molar-refractivity contribution in [2.45, 2.75) is 20.0 Å². The van der Waals surface area contributed by atoms with E-state index >= 15 is 0 Å². The maximum atomic E-state index is 12.7. The summed E-state index contributed by atoms with van der Waals surface area (Å²) in [7, 11) is 0. The highest BCUT2D eigenvalue weighted by Crippen LogP contribution is 2.12. The molecule has 0 saturated heterocycles. The van der Waals surface area contributed by atoms with E-state index in [-0.39, 0.29) is 36.3 Å². The van der Waals surface area contributed by atoms with Crippen LogP contribution in [-0.2, 0) is 22.7 Å². The fourth-order valence-corrected chi connectivity index (χ4v) is 3.26. The summed E-state index contributed by atoms with van der Waals surface area (Å²) in [5.41, 5.74) is -0.196. The van der Waals surface area contributed by atoms with Gasteiger partial charge < -0.3 is 20.1 Å². The molecule has 10 heteroatoms. The number of halogens is 1. The highest BCUT2D eigenvalue weighted by atomic mass is 35.5. The van der Waals surface area contributed by atoms with Gasteiger partial charge in [0.1, 0.15) is 12.2 Å². The lowest BCUT2D eigenvalue weighted by atomic mass is 10.1. The Bertz CT molecular complexity index is 1220. The van der Waals surface area contributed by atoms with E-state index in [1.807, 2.05) is 0 Å². The van der Waals surface area contributed by atoms with Crippen LogP contribution in [0.1, 0.15) is 23.0 Å². The maximum absolute atomic E-state index is 12.7. The molecule has 32 heavy (non-hydrogen) atoms. The average Bonchev–Trinajstić information content (AvgIpc) is 2.78. The molecule has 0 radical (unpaired) electrons. The monoisotopic (exact) mass is 455 g/mol. The molecule has 0 atom stereocenters. The van der Waals surface area contributed by atoms with Gasteiger partial charge >= 0.3 is 0 Å². The van der Waals surface area contributed by atoms with Gasteiger partial charge in [-0.05, 0) is 30.7 Å². The molecule has 0 saturated carbocycles. The van der Waals surface area contributed by atoms with Crippen molar-refractivity contribution in [2.75, 3.05) is 13.1 Å². The van der Waals surface area contributed by atoms with E-state index in [2.05, 4.69) is 10.4 Å². The van der Waals surface area contributed by atoms with Crippen molar-refractivity contribution in [2.24, 2.45) is 0 Å². The van der Waals surface area contributed by atoms with Crippen LogP contribution in [0.2, 0.25) is 5.02 Å². The maximum Gasteiger partial charge on any atom is 0.275 e. The Morgan fingerprint density at radius 3 is 2.38 bits per heavy atom. The molecule has 0 spiro atoms. The third-order valence-electron chi connectivity index (χ3n) is 4.82. The van der Waals surface area contributed by atoms with E-state index in [1.165, 1.54) is 17.0 Å². The summed E-state index contributed by atoms with van der Waals surface area (Å²) in [4.78, 5) is 50.4. The zero-order valence-electron chi connectivity index (χ0n) is 17.2. The van der Waals surface area contributed by atoms with Gasteiger partial charge in [0, 0.05) is 23.5 Å². The summed E-state index contributed by atoms with van der Waals surface area (Å²) in [6, 6.07) is 13.0. The Balaban J connectivity index is 1.72. The second kappa shape index (κ2) is 10.1. The van der Waals surface area contributed by atoms with E-state index in [0.717, 1.165) is 10.2 Å². The zero-order chi connectivity index (χ0) is 23.3. The number of carboxylic acids is 1. The van der Waals surface area contributed by atoms with Gasteiger partial charge in [-0.1, -0.05) is 41.9 Å². The molecule has 9 nitrogen and oxygen atoms in total. The molecule has 3 rings (SSSR count). The van der Waals surface area contributed by atoms with Crippen molar-refractivity contribution < 1.29 is 19.5 Å². The standard InChI is InChI=1S/C22H21ClN4O5/c1-2-26(12-18(28)24-11-14-7-9-15(23)10-8-14)19(29)13-27-21(30)17-6-4-3-5-16(17)20(25-27)22(31)32/h3-10H,2,11-13H2,1H3,(H,24,28)(H,31,32)/p-1. The highest BCUT2D eigenvalue weighted by Gasteiger charge is 2.19. The van der Waals surface area contributed by atoms with Gasteiger partial charge in [-0.25, -0.2) is 4.68 Å². The lowest BCUT2D eigenvalue weighted by Crippen LogP contribution is -2.43. The summed E-state index contributed by atoms with van der Waals surface area (Å²) in [6.45, 7) is 1.43. The van der Waals surface area contributed by atoms with Crippen molar-refractivity contribution >= 4 is 40.2 Å². The van der Waals surface area contributed by atoms with Crippen LogP contribution in [0.5, 0.6) is 0 Å². The molecule has 1 N–H and O–H groups in total. The van der Waals surface area contributed by atoms with Crippen molar-refractivity contribution in [1.82, 2.24) is 20.0 Å². The lowest BCUT2D eigenvalue weighted by Gasteiger charge is -2.21. The van der Waals surface area contributed by atoms with Crippen LogP contribution < -0.4 is 16.0 Å². The summed E-state index contributed by atoms with van der Waals surface area (Å²) in [5.74, 6) is -2.50. The average molecular weight is 456 g/mol. The van der Waals surface area contributed by atoms with E-state index in [0.29, 0.717) is 5.02 Å². The predicted octanol–water partition coefficient (Wildman–Crippen LogP) is 0.578. The number of nitrogens with one attached hydrogen (secondary N) is 1. The van der Waals surface area contributed by atoms with Gasteiger partial charge in [-0.15, -0.1) is 0 Å². The minimum atomic E-state index is -1.56. The lowest BCUT2D eigenvalue weighted by molar-refractivity contribution is -0.255. The van der Waals surface area contributed by atoms with Crippen LogP contribution in [0, 0.1) is 0 Å². The summed E-state index contributed by atoms with van der Waals surface area (Å²) >= 11 is 5.84. The van der Waals surface area contributed by atoms with Crippen LogP contribution in [0.3, 0.4) is 0 Å². The van der Waals surface area contributed by atoms with Gasteiger partial charge in [-0.3, -0.25) is 14.4 Å². The second-order valence-electron chi connectivity index (χ2n) is 6.96. The number of amides is 2. The normalized spacial score (nSPS) is 10.7. The molecular formula is C22H20ClN4O5-. The molecule has 0 aliphatic heterocycles. The molecule has 3 aromatic rings. The first-order valence-corrected chi connectivity index (χ1v) is 10.2. The number of hydrogen-bond donors (Lipinski definition) is 1. The highest BCUT2D eigenvalue weighted by molar-refractivity contribution is 6.30. The van der Waals surface area contributed by atoms with Crippen LogP contribution in [0.25, 0.3) is 10.8 Å². The minimum Gasteiger partial charge on any atom is -0.543 e. The van der Waals surface area contributed by atoms with E-state index < -0.39 is 29.7 Å². The summed E-state index contributed by atoms with van der Waals surface area (Å²) in [6.07, 6.45) is 0. The Morgan fingerprint density at radius 1 is 1.09 bits per heavy atom.